The van der Waals surface area contributed by atoms with Gasteiger partial charge in [-0.25, -0.2) is 0 Å². The molecule has 2 aliphatic heterocycles. The fourth-order valence-electron chi connectivity index (χ4n) is 3.15. The van der Waals surface area contributed by atoms with Crippen LogP contribution < -0.4 is 5.32 Å². The minimum Gasteiger partial charge on any atom is -0.371 e. The van der Waals surface area contributed by atoms with Gasteiger partial charge in [-0.15, -0.1) is 0 Å². The van der Waals surface area contributed by atoms with Gasteiger partial charge in [0.25, 0.3) is 0 Å². The van der Waals surface area contributed by atoms with Crippen LogP contribution in [0.4, 0.5) is 0 Å². The lowest BCUT2D eigenvalue weighted by Gasteiger charge is -2.35. The third kappa shape index (κ3) is 2.97. The molecule has 3 atom stereocenters. The third-order valence-electron chi connectivity index (χ3n) is 4.07. The van der Waals surface area contributed by atoms with E-state index in [4.69, 9.17) is 16.3 Å². The number of halogens is 1. The van der Waals surface area contributed by atoms with Crippen molar-refractivity contribution in [2.24, 2.45) is 0 Å². The van der Waals surface area contributed by atoms with E-state index in [9.17, 15) is 4.79 Å². The Morgan fingerprint density at radius 3 is 2.80 bits per heavy atom. The van der Waals surface area contributed by atoms with Crippen LogP contribution in [0.3, 0.4) is 0 Å². The standard InChI is InChI=1S/C15H19ClN2O2/c1-10(19)17-13-6-14-9-20-15(8-18(14)7-13)11-2-4-12(16)5-3-11/h2-5,13-15H,6-9H2,1H3,(H,17,19)/t13-,14+,15-/m1/s1. The monoisotopic (exact) mass is 294 g/mol. The summed E-state index contributed by atoms with van der Waals surface area (Å²) in [5.41, 5.74) is 1.16. The van der Waals surface area contributed by atoms with Gasteiger partial charge in [0, 0.05) is 37.1 Å². The van der Waals surface area contributed by atoms with Crippen molar-refractivity contribution in [3.63, 3.8) is 0 Å². The normalized spacial score (nSPS) is 30.0. The third-order valence-corrected chi connectivity index (χ3v) is 4.32. The van der Waals surface area contributed by atoms with Gasteiger partial charge in [0.15, 0.2) is 0 Å². The molecule has 0 saturated carbocycles. The predicted molar refractivity (Wildman–Crippen MR) is 77.7 cm³/mol. The van der Waals surface area contributed by atoms with E-state index in [1.807, 2.05) is 24.3 Å². The first-order chi connectivity index (χ1) is 9.61. The van der Waals surface area contributed by atoms with Gasteiger partial charge in [-0.1, -0.05) is 23.7 Å². The molecule has 108 valence electrons. The number of rotatable bonds is 2. The quantitative estimate of drug-likeness (QED) is 0.907. The van der Waals surface area contributed by atoms with Crippen LogP contribution in [0.2, 0.25) is 5.02 Å². The van der Waals surface area contributed by atoms with Gasteiger partial charge in [0.1, 0.15) is 0 Å². The van der Waals surface area contributed by atoms with E-state index >= 15 is 0 Å². The summed E-state index contributed by atoms with van der Waals surface area (Å²) in [6.07, 6.45) is 1.08. The molecule has 1 N–H and O–H groups in total. The van der Waals surface area contributed by atoms with Gasteiger partial charge in [-0.05, 0) is 24.1 Å². The molecule has 1 amide bonds. The molecule has 5 heteroatoms. The van der Waals surface area contributed by atoms with E-state index in [0.29, 0.717) is 6.04 Å². The summed E-state index contributed by atoms with van der Waals surface area (Å²) in [6, 6.07) is 8.52. The highest BCUT2D eigenvalue weighted by Gasteiger charge is 2.37. The molecule has 0 bridgehead atoms. The zero-order chi connectivity index (χ0) is 14.1. The molecule has 0 unspecified atom stereocenters. The van der Waals surface area contributed by atoms with Gasteiger partial charge >= 0.3 is 0 Å². The molecular formula is C15H19ClN2O2. The van der Waals surface area contributed by atoms with E-state index in [0.717, 1.165) is 36.7 Å². The number of hydrogen-bond donors (Lipinski definition) is 1. The Balaban J connectivity index is 1.64. The molecule has 2 fully saturated rings. The molecule has 2 aliphatic rings. The van der Waals surface area contributed by atoms with Gasteiger partial charge in [0.2, 0.25) is 5.91 Å². The molecule has 0 aliphatic carbocycles. The fraction of sp³-hybridized carbons (Fsp3) is 0.533. The van der Waals surface area contributed by atoms with Gasteiger partial charge < -0.3 is 10.1 Å². The Kier molecular flexibility index (Phi) is 3.96. The summed E-state index contributed by atoms with van der Waals surface area (Å²) in [4.78, 5) is 13.6. The zero-order valence-electron chi connectivity index (χ0n) is 11.5. The maximum absolute atomic E-state index is 11.1. The molecule has 0 radical (unpaired) electrons. The maximum Gasteiger partial charge on any atom is 0.217 e. The predicted octanol–water partition coefficient (Wildman–Crippen LogP) is 1.99. The Morgan fingerprint density at radius 1 is 1.35 bits per heavy atom. The second kappa shape index (κ2) is 5.72. The van der Waals surface area contributed by atoms with Gasteiger partial charge in [-0.3, -0.25) is 9.69 Å². The Bertz CT molecular complexity index is 491. The van der Waals surface area contributed by atoms with Crippen LogP contribution in [0.5, 0.6) is 0 Å². The number of nitrogens with one attached hydrogen (secondary N) is 1. The topological polar surface area (TPSA) is 41.6 Å². The number of benzene rings is 1. The van der Waals surface area contributed by atoms with Crippen LogP contribution in [-0.2, 0) is 9.53 Å². The fourth-order valence-corrected chi connectivity index (χ4v) is 3.27. The van der Waals surface area contributed by atoms with Crippen molar-refractivity contribution in [3.05, 3.63) is 34.9 Å². The van der Waals surface area contributed by atoms with E-state index < -0.39 is 0 Å². The summed E-state index contributed by atoms with van der Waals surface area (Å²) in [7, 11) is 0. The minimum absolute atomic E-state index is 0.0463. The van der Waals surface area contributed by atoms with Crippen molar-refractivity contribution in [1.29, 1.82) is 0 Å². The Labute approximate surface area is 124 Å². The molecule has 0 aromatic heterocycles. The lowest BCUT2D eigenvalue weighted by atomic mass is 10.1. The van der Waals surface area contributed by atoms with Crippen LogP contribution in [0.15, 0.2) is 24.3 Å². The molecule has 4 nitrogen and oxygen atoms in total. The van der Waals surface area contributed by atoms with Crippen LogP contribution in [0, 0.1) is 0 Å². The number of nitrogens with zero attached hydrogens (tertiary/aromatic N) is 1. The Morgan fingerprint density at radius 2 is 2.10 bits per heavy atom. The molecule has 1 aromatic carbocycles. The smallest absolute Gasteiger partial charge is 0.217 e. The molecule has 0 spiro atoms. The average Bonchev–Trinajstić information content (AvgIpc) is 2.79. The summed E-state index contributed by atoms with van der Waals surface area (Å²) >= 11 is 5.92. The van der Waals surface area contributed by atoms with Crippen molar-refractivity contribution in [2.45, 2.75) is 31.5 Å². The summed E-state index contributed by atoms with van der Waals surface area (Å²) < 4.78 is 5.97. The molecule has 1 aromatic rings. The van der Waals surface area contributed by atoms with Gasteiger partial charge in [0.05, 0.1) is 12.7 Å². The zero-order valence-corrected chi connectivity index (χ0v) is 12.3. The van der Waals surface area contributed by atoms with Crippen molar-refractivity contribution in [2.75, 3.05) is 19.7 Å². The van der Waals surface area contributed by atoms with E-state index in [2.05, 4.69) is 10.2 Å². The van der Waals surface area contributed by atoms with Crippen LogP contribution in [0.1, 0.15) is 25.0 Å². The van der Waals surface area contributed by atoms with Crippen LogP contribution >= 0.6 is 11.6 Å². The SMILES string of the molecule is CC(=O)N[C@@H]1C[C@H]2CO[C@@H](c3ccc(Cl)cc3)CN2C1. The molecule has 2 heterocycles. The number of hydrogen-bond acceptors (Lipinski definition) is 3. The molecule has 20 heavy (non-hydrogen) atoms. The lowest BCUT2D eigenvalue weighted by molar-refractivity contribution is -0.119. The summed E-state index contributed by atoms with van der Waals surface area (Å²) in [5.74, 6) is 0.0463. The van der Waals surface area contributed by atoms with Crippen molar-refractivity contribution < 1.29 is 9.53 Å². The number of amides is 1. The minimum atomic E-state index is 0.0463. The number of morpholine rings is 1. The van der Waals surface area contributed by atoms with Crippen molar-refractivity contribution in [3.8, 4) is 0 Å². The Hall–Kier alpha value is -1.10. The van der Waals surface area contributed by atoms with Crippen LogP contribution in [-0.4, -0.2) is 42.6 Å². The van der Waals surface area contributed by atoms with Crippen molar-refractivity contribution >= 4 is 17.5 Å². The summed E-state index contributed by atoms with van der Waals surface area (Å²) in [6.45, 7) is 4.09. The highest BCUT2D eigenvalue weighted by molar-refractivity contribution is 6.30. The first-order valence-electron chi connectivity index (χ1n) is 7.00. The van der Waals surface area contributed by atoms with E-state index in [1.165, 1.54) is 0 Å². The molecular weight excluding hydrogens is 276 g/mol. The van der Waals surface area contributed by atoms with E-state index in [1.54, 1.807) is 6.92 Å². The van der Waals surface area contributed by atoms with Crippen LogP contribution in [0.25, 0.3) is 0 Å². The maximum atomic E-state index is 11.1. The van der Waals surface area contributed by atoms with E-state index in [-0.39, 0.29) is 18.1 Å². The largest absolute Gasteiger partial charge is 0.371 e. The second-order valence-corrected chi connectivity index (χ2v) is 6.05. The number of carbonyl (C=O) groups is 1. The first kappa shape index (κ1) is 13.9. The molecule has 3 rings (SSSR count). The highest BCUT2D eigenvalue weighted by atomic mass is 35.5. The lowest BCUT2D eigenvalue weighted by Crippen LogP contribution is -2.43. The number of carbonyl (C=O) groups excluding carboxylic acids is 1. The average molecular weight is 295 g/mol. The van der Waals surface area contributed by atoms with Gasteiger partial charge in [-0.2, -0.15) is 0 Å². The summed E-state index contributed by atoms with van der Waals surface area (Å²) in [5, 5.41) is 3.75. The first-order valence-corrected chi connectivity index (χ1v) is 7.38. The van der Waals surface area contributed by atoms with Crippen molar-refractivity contribution in [1.82, 2.24) is 10.2 Å². The number of fused-ring (bicyclic) bond motifs is 1. The second-order valence-electron chi connectivity index (χ2n) is 5.61. The number of ether oxygens (including phenoxy) is 1. The molecule has 2 saturated heterocycles. The highest BCUT2D eigenvalue weighted by Crippen LogP contribution is 2.30.